The summed E-state index contributed by atoms with van der Waals surface area (Å²) in [6.07, 6.45) is 0. The second-order valence-corrected chi connectivity index (χ2v) is 4.33. The number of rotatable bonds is 5. The smallest absolute Gasteiger partial charge is 0.337 e. The highest BCUT2D eigenvalue weighted by Gasteiger charge is 2.19. The molecule has 1 aromatic rings. The number of anilines is 2. The van der Waals surface area contributed by atoms with Crippen molar-refractivity contribution in [3.8, 4) is 0 Å². The number of likely N-dealkylation sites (N-methyl/N-ethyl adjacent to an activating group) is 1. The van der Waals surface area contributed by atoms with Gasteiger partial charge >= 0.3 is 5.97 Å². The molecule has 0 fully saturated rings. The van der Waals surface area contributed by atoms with Gasteiger partial charge in [-0.2, -0.15) is 0 Å². The van der Waals surface area contributed by atoms with Crippen molar-refractivity contribution in [1.82, 2.24) is 4.90 Å². The molecule has 0 bridgehead atoms. The Morgan fingerprint density at radius 3 is 2.63 bits per heavy atom. The van der Waals surface area contributed by atoms with Crippen LogP contribution in [0.5, 0.6) is 0 Å². The van der Waals surface area contributed by atoms with Crippen LogP contribution in [0.2, 0.25) is 0 Å². The van der Waals surface area contributed by atoms with Crippen molar-refractivity contribution in [2.45, 2.75) is 19.9 Å². The van der Waals surface area contributed by atoms with Crippen LogP contribution in [0.15, 0.2) is 18.2 Å². The van der Waals surface area contributed by atoms with Gasteiger partial charge < -0.3 is 21.1 Å². The number of carbonyl (C=O) groups excluding carboxylic acids is 1. The number of hydrogen-bond acceptors (Lipinski definition) is 4. The Labute approximate surface area is 112 Å². The predicted molar refractivity (Wildman–Crippen MR) is 74.2 cm³/mol. The van der Waals surface area contributed by atoms with Gasteiger partial charge in [-0.1, -0.05) is 0 Å². The quantitative estimate of drug-likeness (QED) is 0.696. The lowest BCUT2D eigenvalue weighted by atomic mass is 10.1. The maximum absolute atomic E-state index is 11.9. The minimum Gasteiger partial charge on any atom is -0.478 e. The summed E-state index contributed by atoms with van der Waals surface area (Å²) in [6.45, 7) is 4.16. The zero-order valence-electron chi connectivity index (χ0n) is 11.3. The van der Waals surface area contributed by atoms with Gasteiger partial charge in [0.1, 0.15) is 6.04 Å². The van der Waals surface area contributed by atoms with E-state index in [0.717, 1.165) is 0 Å². The first-order valence-corrected chi connectivity index (χ1v) is 6.01. The molecule has 0 spiro atoms. The van der Waals surface area contributed by atoms with Crippen LogP contribution in [0, 0.1) is 0 Å². The first kappa shape index (κ1) is 14.8. The van der Waals surface area contributed by atoms with Gasteiger partial charge in [-0.25, -0.2) is 4.79 Å². The van der Waals surface area contributed by atoms with Crippen LogP contribution >= 0.6 is 0 Å². The number of aromatic carboxylic acids is 1. The van der Waals surface area contributed by atoms with Gasteiger partial charge in [0.15, 0.2) is 0 Å². The SMILES string of the molecule is CCN(C)C(=O)C(C)Nc1ccc(N)cc1C(=O)O. The Morgan fingerprint density at radius 2 is 2.11 bits per heavy atom. The molecule has 0 aromatic heterocycles. The van der Waals surface area contributed by atoms with Crippen molar-refractivity contribution >= 4 is 23.3 Å². The number of amides is 1. The summed E-state index contributed by atoms with van der Waals surface area (Å²) < 4.78 is 0. The topological polar surface area (TPSA) is 95.7 Å². The van der Waals surface area contributed by atoms with Crippen molar-refractivity contribution < 1.29 is 14.7 Å². The first-order valence-electron chi connectivity index (χ1n) is 6.01. The zero-order valence-corrected chi connectivity index (χ0v) is 11.3. The van der Waals surface area contributed by atoms with Gasteiger partial charge in [-0.15, -0.1) is 0 Å². The number of carboxylic acid groups (broad SMARTS) is 1. The van der Waals surface area contributed by atoms with E-state index in [-0.39, 0.29) is 11.5 Å². The Balaban J connectivity index is 2.93. The second-order valence-electron chi connectivity index (χ2n) is 4.33. The van der Waals surface area contributed by atoms with Crippen molar-refractivity contribution in [3.05, 3.63) is 23.8 Å². The highest BCUT2D eigenvalue weighted by molar-refractivity contribution is 5.96. The Bertz CT molecular complexity index is 488. The van der Waals surface area contributed by atoms with Gasteiger partial charge in [0.05, 0.1) is 5.56 Å². The fourth-order valence-electron chi connectivity index (χ4n) is 1.65. The molecule has 0 aliphatic heterocycles. The van der Waals surface area contributed by atoms with Gasteiger partial charge in [0, 0.05) is 25.0 Å². The standard InChI is InChI=1S/C13H19N3O3/c1-4-16(3)12(17)8(2)15-11-6-5-9(14)7-10(11)13(18)19/h5-8,15H,4,14H2,1-3H3,(H,18,19). The van der Waals surface area contributed by atoms with Crippen LogP contribution in [-0.2, 0) is 4.79 Å². The first-order chi connectivity index (χ1) is 8.86. The third-order valence-corrected chi connectivity index (χ3v) is 2.87. The van der Waals surface area contributed by atoms with Crippen LogP contribution in [0.1, 0.15) is 24.2 Å². The Morgan fingerprint density at radius 1 is 1.47 bits per heavy atom. The van der Waals surface area contributed by atoms with Crippen LogP contribution in [-0.4, -0.2) is 41.5 Å². The molecule has 0 aliphatic carbocycles. The van der Waals surface area contributed by atoms with Crippen molar-refractivity contribution in [3.63, 3.8) is 0 Å². The summed E-state index contributed by atoms with van der Waals surface area (Å²) in [7, 11) is 1.70. The van der Waals surface area contributed by atoms with E-state index in [0.29, 0.717) is 17.9 Å². The van der Waals surface area contributed by atoms with Crippen LogP contribution in [0.3, 0.4) is 0 Å². The molecular formula is C13H19N3O3. The number of carbonyl (C=O) groups is 2. The number of hydrogen-bond donors (Lipinski definition) is 3. The van der Waals surface area contributed by atoms with E-state index >= 15 is 0 Å². The van der Waals surface area contributed by atoms with Gasteiger partial charge in [-0.3, -0.25) is 4.79 Å². The molecule has 104 valence electrons. The highest BCUT2D eigenvalue weighted by atomic mass is 16.4. The molecule has 1 atom stereocenters. The second kappa shape index (κ2) is 6.08. The number of nitrogens with two attached hydrogens (primary N) is 1. The lowest BCUT2D eigenvalue weighted by Crippen LogP contribution is -2.39. The van der Waals surface area contributed by atoms with E-state index in [1.165, 1.54) is 6.07 Å². The van der Waals surface area contributed by atoms with E-state index in [9.17, 15) is 9.59 Å². The van der Waals surface area contributed by atoms with Gasteiger partial charge in [-0.05, 0) is 32.0 Å². The third-order valence-electron chi connectivity index (χ3n) is 2.87. The van der Waals surface area contributed by atoms with Crippen LogP contribution < -0.4 is 11.1 Å². The minimum atomic E-state index is -1.08. The van der Waals surface area contributed by atoms with E-state index in [1.807, 2.05) is 6.92 Å². The predicted octanol–water partition coefficient (Wildman–Crippen LogP) is 1.25. The van der Waals surface area contributed by atoms with Crippen LogP contribution in [0.25, 0.3) is 0 Å². The molecule has 1 amide bonds. The zero-order chi connectivity index (χ0) is 14.6. The molecule has 1 rings (SSSR count). The molecule has 6 nitrogen and oxygen atoms in total. The average molecular weight is 265 g/mol. The maximum atomic E-state index is 11.9. The lowest BCUT2D eigenvalue weighted by molar-refractivity contribution is -0.130. The largest absolute Gasteiger partial charge is 0.478 e. The number of carboxylic acids is 1. The highest BCUT2D eigenvalue weighted by Crippen LogP contribution is 2.20. The Hall–Kier alpha value is -2.24. The number of nitrogens with one attached hydrogen (secondary N) is 1. The molecule has 1 unspecified atom stereocenters. The summed E-state index contributed by atoms with van der Waals surface area (Å²) in [4.78, 5) is 24.6. The molecular weight excluding hydrogens is 246 g/mol. The molecule has 0 aliphatic rings. The van der Waals surface area contributed by atoms with Crippen LogP contribution in [0.4, 0.5) is 11.4 Å². The molecule has 0 saturated carbocycles. The summed E-state index contributed by atoms with van der Waals surface area (Å²) >= 11 is 0. The number of nitrogen functional groups attached to an aromatic ring is 1. The average Bonchev–Trinajstić information content (AvgIpc) is 2.38. The summed E-state index contributed by atoms with van der Waals surface area (Å²) in [5.74, 6) is -1.19. The summed E-state index contributed by atoms with van der Waals surface area (Å²) in [5, 5.41) is 12.0. The summed E-state index contributed by atoms with van der Waals surface area (Å²) in [6, 6.07) is 4.02. The monoisotopic (exact) mass is 265 g/mol. The minimum absolute atomic E-state index is 0.0544. The Kier molecular flexibility index (Phi) is 4.74. The van der Waals surface area contributed by atoms with Crippen molar-refractivity contribution in [1.29, 1.82) is 0 Å². The molecule has 4 N–H and O–H groups in total. The summed E-state index contributed by atoms with van der Waals surface area (Å²) in [5.41, 5.74) is 6.36. The fraction of sp³-hybridized carbons (Fsp3) is 0.385. The normalized spacial score (nSPS) is 11.7. The van der Waals surface area contributed by atoms with Gasteiger partial charge in [0.2, 0.25) is 5.91 Å². The van der Waals surface area contributed by atoms with E-state index in [1.54, 1.807) is 31.0 Å². The molecule has 0 saturated heterocycles. The third kappa shape index (κ3) is 3.61. The fourth-order valence-corrected chi connectivity index (χ4v) is 1.65. The van der Waals surface area contributed by atoms with Gasteiger partial charge in [0.25, 0.3) is 0 Å². The molecule has 19 heavy (non-hydrogen) atoms. The number of nitrogens with zero attached hydrogens (tertiary/aromatic N) is 1. The molecule has 0 radical (unpaired) electrons. The van der Waals surface area contributed by atoms with E-state index in [4.69, 9.17) is 10.8 Å². The van der Waals surface area contributed by atoms with E-state index in [2.05, 4.69) is 5.32 Å². The van der Waals surface area contributed by atoms with Crippen molar-refractivity contribution in [2.75, 3.05) is 24.6 Å². The maximum Gasteiger partial charge on any atom is 0.337 e. The number of benzene rings is 1. The van der Waals surface area contributed by atoms with Crippen molar-refractivity contribution in [2.24, 2.45) is 0 Å². The lowest BCUT2D eigenvalue weighted by Gasteiger charge is -2.22. The molecule has 1 aromatic carbocycles. The van der Waals surface area contributed by atoms with E-state index < -0.39 is 12.0 Å². The molecule has 6 heteroatoms. The molecule has 0 heterocycles.